The van der Waals surface area contributed by atoms with Crippen molar-refractivity contribution in [1.29, 1.82) is 0 Å². The summed E-state index contributed by atoms with van der Waals surface area (Å²) in [5, 5.41) is 12.7. The van der Waals surface area contributed by atoms with Crippen LogP contribution < -0.4 is 32.7 Å². The van der Waals surface area contributed by atoms with Gasteiger partial charge in [0.25, 0.3) is 0 Å². The third kappa shape index (κ3) is 9.97. The first-order valence-electron chi connectivity index (χ1n) is 18.1. The van der Waals surface area contributed by atoms with Gasteiger partial charge < -0.3 is 42.6 Å². The van der Waals surface area contributed by atoms with Crippen LogP contribution in [0.25, 0.3) is 10.9 Å². The Morgan fingerprint density at radius 1 is 0.820 bits per heavy atom. The van der Waals surface area contributed by atoms with Crippen LogP contribution in [0.5, 0.6) is 0 Å². The molecule has 4 atom stereocenters. The summed E-state index contributed by atoms with van der Waals surface area (Å²) in [5.41, 5.74) is 12.7. The zero-order chi connectivity index (χ0) is 35.5. The fraction of sp³-hybridized carbons (Fsp3) is 0.583. The van der Waals surface area contributed by atoms with Gasteiger partial charge in [-0.15, -0.1) is 0 Å². The molecule has 14 nitrogen and oxygen atoms in total. The third-order valence-electron chi connectivity index (χ3n) is 10.1. The van der Waals surface area contributed by atoms with Gasteiger partial charge >= 0.3 is 0 Å². The zero-order valence-electron chi connectivity index (χ0n) is 28.8. The Hall–Kier alpha value is -4.62. The lowest BCUT2D eigenvalue weighted by Gasteiger charge is -2.31. The van der Waals surface area contributed by atoms with Crippen molar-refractivity contribution in [3.8, 4) is 0 Å². The van der Waals surface area contributed by atoms with Crippen LogP contribution in [0, 0.1) is 12.3 Å². The molecule has 1 saturated carbocycles. The molecule has 0 unspecified atom stereocenters. The first kappa shape index (κ1) is 36.7. The van der Waals surface area contributed by atoms with Crippen LogP contribution in [0.15, 0.2) is 35.5 Å². The summed E-state index contributed by atoms with van der Waals surface area (Å²) < 4.78 is 0. The van der Waals surface area contributed by atoms with Crippen molar-refractivity contribution in [2.24, 2.45) is 22.4 Å². The Morgan fingerprint density at radius 3 is 2.36 bits per heavy atom. The molecule has 271 valence electrons. The Bertz CT molecular complexity index is 1530. The number of carbonyl (C=O) groups is 5. The van der Waals surface area contributed by atoms with Crippen LogP contribution in [0.3, 0.4) is 0 Å². The predicted octanol–water partition coefficient (Wildman–Crippen LogP) is 1.29. The van der Waals surface area contributed by atoms with Gasteiger partial charge in [-0.1, -0.05) is 50.3 Å². The Balaban J connectivity index is 1.44. The van der Waals surface area contributed by atoms with Crippen LogP contribution in [0.4, 0.5) is 0 Å². The summed E-state index contributed by atoms with van der Waals surface area (Å²) in [7, 11) is 0. The summed E-state index contributed by atoms with van der Waals surface area (Å²) in [6.07, 6.45) is 11.9. The second-order valence-electron chi connectivity index (χ2n) is 13.8. The van der Waals surface area contributed by atoms with Gasteiger partial charge in [0.15, 0.2) is 5.96 Å². The van der Waals surface area contributed by atoms with E-state index in [2.05, 4.69) is 31.2 Å². The highest BCUT2D eigenvalue weighted by atomic mass is 16.2. The molecule has 9 N–H and O–H groups in total. The SMILES string of the molecule is NC(N)=NCCC[C@@H]1NC(=O)[C@H](Cc2c[nH]c3ccccc23)NC(=O)[C@@H](CC2CCCCC2)NC(=O)[C@@H]2CCCN2C(=O)[CH]CCCNC1=O. The first-order valence-corrected chi connectivity index (χ1v) is 18.1. The van der Waals surface area contributed by atoms with E-state index in [1.54, 1.807) is 11.3 Å². The fourth-order valence-electron chi connectivity index (χ4n) is 7.39. The van der Waals surface area contributed by atoms with Crippen molar-refractivity contribution in [2.75, 3.05) is 19.6 Å². The zero-order valence-corrected chi connectivity index (χ0v) is 28.8. The van der Waals surface area contributed by atoms with Crippen molar-refractivity contribution in [1.82, 2.24) is 31.2 Å². The molecule has 2 aliphatic heterocycles. The largest absolute Gasteiger partial charge is 0.370 e. The molecule has 50 heavy (non-hydrogen) atoms. The van der Waals surface area contributed by atoms with Gasteiger partial charge in [0, 0.05) is 49.6 Å². The van der Waals surface area contributed by atoms with E-state index in [4.69, 9.17) is 11.5 Å². The average molecular weight is 691 g/mol. The summed E-state index contributed by atoms with van der Waals surface area (Å²) in [6.45, 7) is 1.01. The Kier molecular flexibility index (Phi) is 13.1. The molecular formula is C36H52N9O5. The Morgan fingerprint density at radius 2 is 1.56 bits per heavy atom. The molecule has 1 radical (unpaired) electrons. The Labute approximate surface area is 293 Å². The highest BCUT2D eigenvalue weighted by molar-refractivity contribution is 5.97. The van der Waals surface area contributed by atoms with E-state index in [9.17, 15) is 24.0 Å². The lowest BCUT2D eigenvalue weighted by molar-refractivity contribution is -0.138. The normalized spacial score (nSPS) is 25.1. The van der Waals surface area contributed by atoms with Gasteiger partial charge in [-0.25, -0.2) is 0 Å². The number of hydrogen-bond acceptors (Lipinski definition) is 6. The van der Waals surface area contributed by atoms with E-state index in [0.29, 0.717) is 45.1 Å². The van der Waals surface area contributed by atoms with E-state index in [0.717, 1.165) is 48.6 Å². The number of amides is 5. The number of rotatable bonds is 8. The first-order chi connectivity index (χ1) is 24.2. The number of guanidine groups is 1. The van der Waals surface area contributed by atoms with Crippen molar-refractivity contribution < 1.29 is 24.0 Å². The van der Waals surface area contributed by atoms with E-state index in [1.807, 2.05) is 30.5 Å². The molecule has 3 aliphatic rings. The molecule has 5 rings (SSSR count). The number of carbonyl (C=O) groups excluding carboxylic acids is 5. The minimum Gasteiger partial charge on any atom is -0.370 e. The maximum atomic E-state index is 14.2. The molecule has 1 aliphatic carbocycles. The highest BCUT2D eigenvalue weighted by Gasteiger charge is 2.37. The number of nitrogens with one attached hydrogen (secondary N) is 5. The lowest BCUT2D eigenvalue weighted by Crippen LogP contribution is -2.59. The number of para-hydroxylation sites is 1. The molecule has 0 spiro atoms. The molecule has 2 saturated heterocycles. The number of nitrogens with zero attached hydrogens (tertiary/aromatic N) is 2. The van der Waals surface area contributed by atoms with E-state index in [1.165, 1.54) is 0 Å². The molecule has 14 heteroatoms. The summed E-state index contributed by atoms with van der Waals surface area (Å²) in [4.78, 5) is 77.6. The van der Waals surface area contributed by atoms with E-state index in [-0.39, 0.29) is 55.5 Å². The smallest absolute Gasteiger partial charge is 0.243 e. The topological polar surface area (TPSA) is 217 Å². The van der Waals surface area contributed by atoms with Crippen LogP contribution >= 0.6 is 0 Å². The number of fused-ring (bicyclic) bond motifs is 2. The monoisotopic (exact) mass is 690 g/mol. The van der Waals surface area contributed by atoms with Crippen molar-refractivity contribution in [3.05, 3.63) is 42.4 Å². The lowest BCUT2D eigenvalue weighted by atomic mass is 9.84. The molecule has 0 bridgehead atoms. The van der Waals surface area contributed by atoms with Crippen LogP contribution in [0.1, 0.15) is 82.6 Å². The van der Waals surface area contributed by atoms with Gasteiger partial charge in [0.05, 0.1) is 0 Å². The van der Waals surface area contributed by atoms with Crippen LogP contribution in [-0.2, 0) is 30.4 Å². The highest BCUT2D eigenvalue weighted by Crippen LogP contribution is 2.28. The van der Waals surface area contributed by atoms with Gasteiger partial charge in [-0.2, -0.15) is 0 Å². The number of aliphatic imine (C=N–C) groups is 1. The summed E-state index contributed by atoms with van der Waals surface area (Å²) >= 11 is 0. The van der Waals surface area contributed by atoms with Gasteiger partial charge in [-0.3, -0.25) is 29.0 Å². The number of aromatic amines is 1. The van der Waals surface area contributed by atoms with Crippen molar-refractivity contribution >= 4 is 46.4 Å². The molecule has 1 aromatic carbocycles. The number of nitrogens with two attached hydrogens (primary N) is 2. The van der Waals surface area contributed by atoms with Gasteiger partial charge in [-0.05, 0) is 62.5 Å². The number of aromatic nitrogens is 1. The van der Waals surface area contributed by atoms with Gasteiger partial charge in [0.2, 0.25) is 29.5 Å². The molecule has 2 aromatic rings. The number of H-pyrrole nitrogens is 1. The molecule has 5 amide bonds. The van der Waals surface area contributed by atoms with Crippen molar-refractivity contribution in [3.63, 3.8) is 0 Å². The third-order valence-corrected chi connectivity index (χ3v) is 10.1. The molecular weight excluding hydrogens is 638 g/mol. The maximum Gasteiger partial charge on any atom is 0.243 e. The summed E-state index contributed by atoms with van der Waals surface area (Å²) in [6, 6.07) is 4.14. The van der Waals surface area contributed by atoms with E-state index >= 15 is 0 Å². The fourth-order valence-corrected chi connectivity index (χ4v) is 7.39. The number of hydrogen-bond donors (Lipinski definition) is 7. The molecule has 3 fully saturated rings. The minimum absolute atomic E-state index is 0.0642. The average Bonchev–Trinajstić information content (AvgIpc) is 3.76. The van der Waals surface area contributed by atoms with Gasteiger partial charge in [0.1, 0.15) is 24.2 Å². The quantitative estimate of drug-likeness (QED) is 0.122. The molecule has 1 aromatic heterocycles. The minimum atomic E-state index is -1.06. The standard InChI is InChI=1S/C36H52N9O5/c37-36(38)40-18-8-14-27-32(47)39-17-7-6-16-31(46)45-19-9-15-30(45)35(50)44-28(20-23-10-2-1-3-11-23)33(48)43-29(34(49)42-27)21-24-22-41-26-13-5-4-12-25(24)26/h4-5,12-13,16,22-23,27-30,41H,1-3,6-11,14-15,17-21H2,(H,39,47)(H,42,49)(H,43,48)(H,44,50)(H4,37,38,40)/t27-,28+,29-,30-/m0/s1. The number of benzene rings is 1. The van der Waals surface area contributed by atoms with Crippen molar-refractivity contribution in [2.45, 2.75) is 108 Å². The second kappa shape index (κ2) is 17.9. The maximum absolute atomic E-state index is 14.2. The van der Waals surface area contributed by atoms with Crippen LogP contribution in [-0.4, -0.2) is 89.2 Å². The van der Waals surface area contributed by atoms with E-state index < -0.39 is 36.0 Å². The second-order valence-corrected chi connectivity index (χ2v) is 13.8. The predicted molar refractivity (Wildman–Crippen MR) is 190 cm³/mol. The molecule has 3 heterocycles. The summed E-state index contributed by atoms with van der Waals surface area (Å²) in [5.74, 6) is -1.78. The van der Waals surface area contributed by atoms with Crippen LogP contribution in [0.2, 0.25) is 0 Å².